The first-order valence-electron chi connectivity index (χ1n) is 9.85. The van der Waals surface area contributed by atoms with Gasteiger partial charge in [-0.05, 0) is 70.9 Å². The van der Waals surface area contributed by atoms with Crippen LogP contribution in [0, 0.1) is 0 Å². The highest BCUT2D eigenvalue weighted by molar-refractivity contribution is 9.10. The molecular formula is C23H20BrN3O6. The van der Waals surface area contributed by atoms with Gasteiger partial charge in [0.15, 0.2) is 11.5 Å². The summed E-state index contributed by atoms with van der Waals surface area (Å²) in [6, 6.07) is 14.8. The van der Waals surface area contributed by atoms with Crippen LogP contribution in [0.15, 0.2) is 74.9 Å². The normalized spacial score (nSPS) is 10.6. The zero-order chi connectivity index (χ0) is 23.6. The van der Waals surface area contributed by atoms with Crippen molar-refractivity contribution in [3.05, 3.63) is 82.2 Å². The molecule has 10 heteroatoms. The minimum atomic E-state index is -0.654. The van der Waals surface area contributed by atoms with Crippen LogP contribution in [0.5, 0.6) is 11.5 Å². The van der Waals surface area contributed by atoms with Gasteiger partial charge < -0.3 is 19.2 Å². The molecule has 1 heterocycles. The summed E-state index contributed by atoms with van der Waals surface area (Å²) in [5, 5.41) is 6.40. The van der Waals surface area contributed by atoms with Crippen LogP contribution in [0.4, 0.5) is 0 Å². The molecule has 2 N–H and O–H groups in total. The largest absolute Gasteiger partial charge is 0.490 e. The number of hydrogen-bond acceptors (Lipinski definition) is 7. The number of hydrogen-bond donors (Lipinski definition) is 2. The fourth-order valence-corrected chi connectivity index (χ4v) is 3.09. The van der Waals surface area contributed by atoms with Gasteiger partial charge in [0.25, 0.3) is 11.8 Å². The van der Waals surface area contributed by atoms with Crippen LogP contribution in [-0.2, 0) is 4.79 Å². The Hall–Kier alpha value is -3.92. The van der Waals surface area contributed by atoms with Gasteiger partial charge in [-0.2, -0.15) is 5.10 Å². The molecule has 0 unspecified atom stereocenters. The van der Waals surface area contributed by atoms with E-state index in [1.807, 2.05) is 0 Å². The van der Waals surface area contributed by atoms with Gasteiger partial charge in [0.2, 0.25) is 5.76 Å². The lowest BCUT2D eigenvalue weighted by atomic mass is 10.2. The Bertz CT molecular complexity index is 1160. The average Bonchev–Trinajstić information content (AvgIpc) is 3.35. The molecule has 2 amide bonds. The van der Waals surface area contributed by atoms with E-state index in [2.05, 4.69) is 31.8 Å². The smallest absolute Gasteiger partial charge is 0.379 e. The van der Waals surface area contributed by atoms with Crippen molar-refractivity contribution in [1.29, 1.82) is 0 Å². The molecule has 0 fully saturated rings. The van der Waals surface area contributed by atoms with E-state index in [9.17, 15) is 14.4 Å². The van der Waals surface area contributed by atoms with E-state index >= 15 is 0 Å². The molecule has 33 heavy (non-hydrogen) atoms. The van der Waals surface area contributed by atoms with E-state index < -0.39 is 11.9 Å². The lowest BCUT2D eigenvalue weighted by molar-refractivity contribution is -0.120. The zero-order valence-corrected chi connectivity index (χ0v) is 19.1. The summed E-state index contributed by atoms with van der Waals surface area (Å²) >= 11 is 3.29. The quantitative estimate of drug-likeness (QED) is 0.195. The minimum Gasteiger partial charge on any atom is -0.490 e. The molecule has 0 atom stereocenters. The lowest BCUT2D eigenvalue weighted by Gasteiger charge is -2.10. The van der Waals surface area contributed by atoms with Gasteiger partial charge >= 0.3 is 5.97 Å². The molecule has 0 saturated heterocycles. The van der Waals surface area contributed by atoms with Crippen molar-refractivity contribution < 1.29 is 28.3 Å². The Morgan fingerprint density at radius 2 is 1.91 bits per heavy atom. The Balaban J connectivity index is 1.56. The van der Waals surface area contributed by atoms with E-state index in [4.69, 9.17) is 13.9 Å². The van der Waals surface area contributed by atoms with Crippen LogP contribution in [0.1, 0.15) is 33.4 Å². The molecule has 170 valence electrons. The number of halogens is 1. The third kappa shape index (κ3) is 6.78. The van der Waals surface area contributed by atoms with E-state index in [1.165, 1.54) is 18.5 Å². The molecule has 9 nitrogen and oxygen atoms in total. The van der Waals surface area contributed by atoms with Crippen molar-refractivity contribution >= 4 is 39.9 Å². The molecule has 3 rings (SSSR count). The number of amides is 2. The Labute approximate surface area is 197 Å². The van der Waals surface area contributed by atoms with E-state index in [0.29, 0.717) is 28.0 Å². The number of benzene rings is 2. The summed E-state index contributed by atoms with van der Waals surface area (Å²) in [6.45, 7) is 1.89. The number of ether oxygens (including phenoxy) is 2. The van der Waals surface area contributed by atoms with Crippen molar-refractivity contribution in [2.45, 2.75) is 6.92 Å². The third-order valence-electron chi connectivity index (χ3n) is 4.12. The first kappa shape index (κ1) is 23.7. The summed E-state index contributed by atoms with van der Waals surface area (Å²) in [6.07, 6.45) is 2.77. The number of carbonyl (C=O) groups is 3. The van der Waals surface area contributed by atoms with Crippen LogP contribution >= 0.6 is 15.9 Å². The fourth-order valence-electron chi connectivity index (χ4n) is 2.62. The number of nitrogens with one attached hydrogen (secondary N) is 2. The summed E-state index contributed by atoms with van der Waals surface area (Å²) in [7, 11) is 0. The molecule has 0 aliphatic heterocycles. The van der Waals surface area contributed by atoms with Gasteiger partial charge in [0.1, 0.15) is 0 Å². The van der Waals surface area contributed by atoms with Crippen LogP contribution in [0.25, 0.3) is 0 Å². The maximum Gasteiger partial charge on any atom is 0.379 e. The maximum absolute atomic E-state index is 12.1. The number of nitrogens with zero attached hydrogens (tertiary/aromatic N) is 1. The molecule has 0 bridgehead atoms. The summed E-state index contributed by atoms with van der Waals surface area (Å²) in [5.74, 6) is -0.928. The molecule has 2 aromatic carbocycles. The predicted octanol–water partition coefficient (Wildman–Crippen LogP) is 3.54. The summed E-state index contributed by atoms with van der Waals surface area (Å²) in [4.78, 5) is 36.2. The number of hydrazone groups is 1. The number of rotatable bonds is 9. The fraction of sp³-hybridized carbons (Fsp3) is 0.130. The Kier molecular flexibility index (Phi) is 8.36. The van der Waals surface area contributed by atoms with Crippen molar-refractivity contribution in [2.24, 2.45) is 5.10 Å². The Morgan fingerprint density at radius 1 is 1.09 bits per heavy atom. The number of esters is 1. The van der Waals surface area contributed by atoms with Gasteiger partial charge in [-0.25, -0.2) is 10.2 Å². The van der Waals surface area contributed by atoms with E-state index in [-0.39, 0.29) is 24.0 Å². The highest BCUT2D eigenvalue weighted by Gasteiger charge is 2.15. The van der Waals surface area contributed by atoms with Crippen LogP contribution in [0.2, 0.25) is 0 Å². The maximum atomic E-state index is 12.1. The second-order valence-electron chi connectivity index (χ2n) is 6.46. The van der Waals surface area contributed by atoms with Crippen LogP contribution < -0.4 is 20.2 Å². The summed E-state index contributed by atoms with van der Waals surface area (Å²) < 4.78 is 16.5. The predicted molar refractivity (Wildman–Crippen MR) is 123 cm³/mol. The van der Waals surface area contributed by atoms with Gasteiger partial charge in [0.05, 0.1) is 31.2 Å². The molecule has 0 aliphatic rings. The van der Waals surface area contributed by atoms with Crippen LogP contribution in [0.3, 0.4) is 0 Å². The van der Waals surface area contributed by atoms with Crippen molar-refractivity contribution in [3.8, 4) is 11.5 Å². The first-order valence-corrected chi connectivity index (χ1v) is 10.6. The zero-order valence-electron chi connectivity index (χ0n) is 17.5. The number of carbonyl (C=O) groups excluding carboxylic acids is 3. The SMILES string of the molecule is CCOc1cc(/C=N/NC(=O)CNC(=O)c2ccccc2Br)ccc1OC(=O)c1ccco1. The van der Waals surface area contributed by atoms with Gasteiger partial charge in [-0.3, -0.25) is 9.59 Å². The monoisotopic (exact) mass is 513 g/mol. The molecule has 1 aromatic heterocycles. The molecule has 0 saturated carbocycles. The topological polar surface area (TPSA) is 119 Å². The van der Waals surface area contributed by atoms with Gasteiger partial charge in [-0.1, -0.05) is 12.1 Å². The standard InChI is InChI=1S/C23H20BrN3O6/c1-2-31-20-12-15(9-10-18(20)33-23(30)19-8-5-11-32-19)13-26-27-21(28)14-25-22(29)16-6-3-4-7-17(16)24/h3-13H,2,14H2,1H3,(H,25,29)(H,27,28)/b26-13+. The first-order chi connectivity index (χ1) is 16.0. The molecule has 0 spiro atoms. The average molecular weight is 514 g/mol. The Morgan fingerprint density at radius 3 is 2.64 bits per heavy atom. The minimum absolute atomic E-state index is 0.0671. The van der Waals surface area contributed by atoms with Gasteiger partial charge in [0, 0.05) is 4.47 Å². The molecule has 0 aliphatic carbocycles. The second kappa shape index (κ2) is 11.6. The molecule has 3 aromatic rings. The van der Waals surface area contributed by atoms with Crippen molar-refractivity contribution in [2.75, 3.05) is 13.2 Å². The highest BCUT2D eigenvalue weighted by atomic mass is 79.9. The van der Waals surface area contributed by atoms with Crippen molar-refractivity contribution in [1.82, 2.24) is 10.7 Å². The van der Waals surface area contributed by atoms with E-state index in [1.54, 1.807) is 55.5 Å². The molecule has 0 radical (unpaired) electrons. The lowest BCUT2D eigenvalue weighted by Crippen LogP contribution is -2.35. The van der Waals surface area contributed by atoms with Crippen LogP contribution in [-0.4, -0.2) is 37.1 Å². The highest BCUT2D eigenvalue weighted by Crippen LogP contribution is 2.29. The van der Waals surface area contributed by atoms with Crippen molar-refractivity contribution in [3.63, 3.8) is 0 Å². The molecular weight excluding hydrogens is 494 g/mol. The second-order valence-corrected chi connectivity index (χ2v) is 7.32. The third-order valence-corrected chi connectivity index (χ3v) is 4.81. The summed E-state index contributed by atoms with van der Waals surface area (Å²) in [5.41, 5.74) is 3.35. The number of furan rings is 1. The van der Waals surface area contributed by atoms with Gasteiger partial charge in [-0.15, -0.1) is 0 Å². The van der Waals surface area contributed by atoms with E-state index in [0.717, 1.165) is 0 Å².